The zero-order valence-electron chi connectivity index (χ0n) is 21.5. The van der Waals surface area contributed by atoms with E-state index >= 15 is 0 Å². The third-order valence-corrected chi connectivity index (χ3v) is 8.07. The highest BCUT2D eigenvalue weighted by atomic mass is 15.0. The molecule has 1 aromatic heterocycles. The van der Waals surface area contributed by atoms with E-state index < -0.39 is 0 Å². The van der Waals surface area contributed by atoms with Gasteiger partial charge in [0.1, 0.15) is 0 Å². The van der Waals surface area contributed by atoms with E-state index in [1.54, 1.807) is 0 Å². The van der Waals surface area contributed by atoms with Crippen LogP contribution in [0.4, 0.5) is 0 Å². The Hall–Kier alpha value is -4.36. The Balaban J connectivity index is 1.38. The number of rotatable bonds is 3. The summed E-state index contributed by atoms with van der Waals surface area (Å²) in [7, 11) is 0. The molecule has 1 aliphatic rings. The highest BCUT2D eigenvalue weighted by molar-refractivity contribution is 6.10. The zero-order chi connectivity index (χ0) is 25.1. The number of para-hydroxylation sites is 1. The second-order valence-electron chi connectivity index (χ2n) is 10.8. The number of hydrogen-bond acceptors (Lipinski definition) is 0. The molecule has 0 saturated heterocycles. The summed E-state index contributed by atoms with van der Waals surface area (Å²) in [5.41, 5.74) is 12.9. The summed E-state index contributed by atoms with van der Waals surface area (Å²) in [6.07, 6.45) is 4.41. The molecule has 0 amide bonds. The van der Waals surface area contributed by atoms with E-state index in [0.717, 1.165) is 0 Å². The molecule has 0 N–H and O–H groups in total. The third-order valence-electron chi connectivity index (χ3n) is 8.07. The SMILES string of the molecule is Cc1ccc(/C=C/c2ccc3c(c2)c2ccccc2n3-c2ccc3c(c2)C(C)(C)c2ccccc2-3)cc1. The van der Waals surface area contributed by atoms with Gasteiger partial charge in [0, 0.05) is 21.9 Å². The van der Waals surface area contributed by atoms with Crippen molar-refractivity contribution in [3.8, 4) is 16.8 Å². The molecule has 7 rings (SSSR count). The standard InChI is InChI=1S/C36H29N/c1-24-12-14-25(15-13-24)16-17-26-18-21-35-31(22-26)30-9-5-7-11-34(30)37(35)27-19-20-29-28-8-4-6-10-32(28)36(2,3)33(29)23-27/h4-23H,1-3H3/b17-16+. The molecule has 0 radical (unpaired) electrons. The monoisotopic (exact) mass is 475 g/mol. The molecule has 178 valence electrons. The number of aryl methyl sites for hydroxylation is 1. The van der Waals surface area contributed by atoms with E-state index in [1.807, 2.05) is 0 Å². The van der Waals surface area contributed by atoms with Gasteiger partial charge < -0.3 is 4.57 Å². The van der Waals surface area contributed by atoms with Crippen LogP contribution in [-0.4, -0.2) is 4.57 Å². The Kier molecular flexibility index (Phi) is 4.78. The van der Waals surface area contributed by atoms with Crippen LogP contribution in [0.5, 0.6) is 0 Å². The third kappa shape index (κ3) is 3.38. The Labute approximate surface area is 218 Å². The molecule has 0 aliphatic heterocycles. The van der Waals surface area contributed by atoms with Crippen molar-refractivity contribution < 1.29 is 0 Å². The summed E-state index contributed by atoms with van der Waals surface area (Å²) >= 11 is 0. The van der Waals surface area contributed by atoms with Crippen molar-refractivity contribution >= 4 is 34.0 Å². The summed E-state index contributed by atoms with van der Waals surface area (Å²) in [6.45, 7) is 6.82. The second kappa shape index (κ2) is 8.08. The first-order valence-corrected chi connectivity index (χ1v) is 13.0. The normalized spacial score (nSPS) is 13.9. The molecular formula is C36H29N. The number of aromatic nitrogens is 1. The first-order chi connectivity index (χ1) is 18.0. The van der Waals surface area contributed by atoms with Gasteiger partial charge in [0.05, 0.1) is 11.0 Å². The zero-order valence-corrected chi connectivity index (χ0v) is 21.5. The molecule has 1 nitrogen and oxygen atoms in total. The molecule has 0 spiro atoms. The Morgan fingerprint density at radius 3 is 2.11 bits per heavy atom. The fourth-order valence-electron chi connectivity index (χ4n) is 6.07. The van der Waals surface area contributed by atoms with Crippen molar-refractivity contribution in [3.05, 3.63) is 137 Å². The highest BCUT2D eigenvalue weighted by Gasteiger charge is 2.35. The van der Waals surface area contributed by atoms with Crippen LogP contribution in [0, 0.1) is 6.92 Å². The summed E-state index contributed by atoms with van der Waals surface area (Å²) in [6, 6.07) is 40.1. The van der Waals surface area contributed by atoms with E-state index in [1.165, 1.54) is 66.4 Å². The first-order valence-electron chi connectivity index (χ1n) is 13.0. The van der Waals surface area contributed by atoms with Crippen molar-refractivity contribution in [2.24, 2.45) is 0 Å². The summed E-state index contributed by atoms with van der Waals surface area (Å²) in [5, 5.41) is 2.57. The minimum absolute atomic E-state index is 0.0192. The molecule has 0 atom stereocenters. The van der Waals surface area contributed by atoms with E-state index in [0.29, 0.717) is 0 Å². The topological polar surface area (TPSA) is 4.93 Å². The van der Waals surface area contributed by atoms with Gasteiger partial charge in [-0.15, -0.1) is 0 Å². The maximum absolute atomic E-state index is 2.43. The number of nitrogens with zero attached hydrogens (tertiary/aromatic N) is 1. The predicted octanol–water partition coefficient (Wildman–Crippen LogP) is 9.57. The van der Waals surface area contributed by atoms with Gasteiger partial charge in [-0.3, -0.25) is 0 Å². The van der Waals surface area contributed by atoms with E-state index in [-0.39, 0.29) is 5.41 Å². The molecule has 5 aromatic carbocycles. The predicted molar refractivity (Wildman–Crippen MR) is 158 cm³/mol. The van der Waals surface area contributed by atoms with Crippen LogP contribution in [0.15, 0.2) is 109 Å². The minimum atomic E-state index is -0.0192. The van der Waals surface area contributed by atoms with Crippen LogP contribution in [0.2, 0.25) is 0 Å². The van der Waals surface area contributed by atoms with Crippen LogP contribution < -0.4 is 0 Å². The molecule has 0 bridgehead atoms. The number of fused-ring (bicyclic) bond motifs is 6. The summed E-state index contributed by atoms with van der Waals surface area (Å²) in [4.78, 5) is 0. The molecule has 37 heavy (non-hydrogen) atoms. The minimum Gasteiger partial charge on any atom is -0.309 e. The van der Waals surface area contributed by atoms with Crippen molar-refractivity contribution in [2.75, 3.05) is 0 Å². The van der Waals surface area contributed by atoms with Crippen LogP contribution in [0.1, 0.15) is 41.7 Å². The largest absolute Gasteiger partial charge is 0.309 e. The quantitative estimate of drug-likeness (QED) is 0.225. The van der Waals surface area contributed by atoms with Crippen LogP contribution >= 0.6 is 0 Å². The van der Waals surface area contributed by atoms with E-state index in [4.69, 9.17) is 0 Å². The fraction of sp³-hybridized carbons (Fsp3) is 0.111. The molecule has 6 aromatic rings. The number of benzene rings is 5. The van der Waals surface area contributed by atoms with Gasteiger partial charge in [0.25, 0.3) is 0 Å². The van der Waals surface area contributed by atoms with Crippen LogP contribution in [-0.2, 0) is 5.41 Å². The van der Waals surface area contributed by atoms with Crippen LogP contribution in [0.3, 0.4) is 0 Å². The maximum atomic E-state index is 2.43. The van der Waals surface area contributed by atoms with Gasteiger partial charge in [-0.05, 0) is 70.6 Å². The highest BCUT2D eigenvalue weighted by Crippen LogP contribution is 2.49. The molecule has 0 fully saturated rings. The van der Waals surface area contributed by atoms with Gasteiger partial charge in [0.2, 0.25) is 0 Å². The molecule has 1 heterocycles. The van der Waals surface area contributed by atoms with Gasteiger partial charge in [0.15, 0.2) is 0 Å². The Morgan fingerprint density at radius 2 is 1.24 bits per heavy atom. The average Bonchev–Trinajstić information content (AvgIpc) is 3.37. The lowest BCUT2D eigenvalue weighted by molar-refractivity contribution is 0.660. The fourth-order valence-corrected chi connectivity index (χ4v) is 6.07. The lowest BCUT2D eigenvalue weighted by Gasteiger charge is -2.22. The average molecular weight is 476 g/mol. The van der Waals surface area contributed by atoms with E-state index in [9.17, 15) is 0 Å². The molecular weight excluding hydrogens is 446 g/mol. The van der Waals surface area contributed by atoms with Crippen molar-refractivity contribution in [1.82, 2.24) is 4.57 Å². The number of hydrogen-bond donors (Lipinski definition) is 0. The maximum Gasteiger partial charge on any atom is 0.0541 e. The van der Waals surface area contributed by atoms with Crippen LogP contribution in [0.25, 0.3) is 50.8 Å². The van der Waals surface area contributed by atoms with Gasteiger partial charge in [-0.1, -0.05) is 110 Å². The summed E-state index contributed by atoms with van der Waals surface area (Å²) < 4.78 is 2.43. The lowest BCUT2D eigenvalue weighted by Crippen LogP contribution is -2.15. The van der Waals surface area contributed by atoms with Gasteiger partial charge in [-0.25, -0.2) is 0 Å². The molecule has 0 unspecified atom stereocenters. The second-order valence-corrected chi connectivity index (χ2v) is 10.8. The van der Waals surface area contributed by atoms with E-state index in [2.05, 4.69) is 147 Å². The molecule has 1 aliphatic carbocycles. The first kappa shape index (κ1) is 21.9. The van der Waals surface area contributed by atoms with Gasteiger partial charge in [-0.2, -0.15) is 0 Å². The summed E-state index contributed by atoms with van der Waals surface area (Å²) in [5.74, 6) is 0. The smallest absolute Gasteiger partial charge is 0.0541 e. The molecule has 0 saturated carbocycles. The molecule has 1 heteroatoms. The Bertz CT molecular complexity index is 1840. The van der Waals surface area contributed by atoms with Crippen molar-refractivity contribution in [2.45, 2.75) is 26.2 Å². The van der Waals surface area contributed by atoms with Crippen molar-refractivity contribution in [1.29, 1.82) is 0 Å². The van der Waals surface area contributed by atoms with Crippen molar-refractivity contribution in [3.63, 3.8) is 0 Å². The lowest BCUT2D eigenvalue weighted by atomic mass is 9.82. The Morgan fingerprint density at radius 1 is 0.568 bits per heavy atom. The van der Waals surface area contributed by atoms with Gasteiger partial charge >= 0.3 is 0 Å².